The summed E-state index contributed by atoms with van der Waals surface area (Å²) in [5, 5.41) is 3.46. The molecule has 0 saturated heterocycles. The van der Waals surface area contributed by atoms with Crippen LogP contribution in [-0.2, 0) is 9.53 Å². The van der Waals surface area contributed by atoms with Gasteiger partial charge in [-0.25, -0.2) is 0 Å². The Bertz CT molecular complexity index is 1000. The van der Waals surface area contributed by atoms with E-state index >= 15 is 0 Å². The number of ether oxygens (including phenoxy) is 1. The van der Waals surface area contributed by atoms with Gasteiger partial charge in [0.1, 0.15) is 6.10 Å². The average molecular weight is 803 g/mol. The summed E-state index contributed by atoms with van der Waals surface area (Å²) in [6, 6.07) is 0. The number of nitrogens with one attached hydrogen (secondary N) is 1. The van der Waals surface area contributed by atoms with E-state index in [4.69, 9.17) is 16.2 Å². The van der Waals surface area contributed by atoms with Crippen molar-refractivity contribution in [3.63, 3.8) is 0 Å². The van der Waals surface area contributed by atoms with Crippen LogP contribution in [0, 0.1) is 52.3 Å². The predicted octanol–water partition coefficient (Wildman–Crippen LogP) is 9.63. The number of hydrogen-bond donors (Lipinski definition) is 3. The van der Waals surface area contributed by atoms with Crippen molar-refractivity contribution in [3.05, 3.63) is 11.6 Å². The van der Waals surface area contributed by atoms with Crippen LogP contribution >= 0.6 is 49.6 Å². The van der Waals surface area contributed by atoms with E-state index in [1.807, 2.05) is 0 Å². The third-order valence-electron chi connectivity index (χ3n) is 14.2. The van der Waals surface area contributed by atoms with Crippen LogP contribution in [0.3, 0.4) is 0 Å². The monoisotopic (exact) mass is 801 g/mol. The second-order valence-electron chi connectivity index (χ2n) is 17.3. The lowest BCUT2D eigenvalue weighted by molar-refractivity contribution is -0.152. The Morgan fingerprint density at radius 1 is 0.902 bits per heavy atom. The van der Waals surface area contributed by atoms with Crippen molar-refractivity contribution in [1.29, 1.82) is 0 Å². The third kappa shape index (κ3) is 13.1. The van der Waals surface area contributed by atoms with Gasteiger partial charge in [0.25, 0.3) is 0 Å². The molecule has 3 saturated carbocycles. The van der Waals surface area contributed by atoms with Crippen molar-refractivity contribution in [1.82, 2.24) is 10.2 Å². The fraction of sp³-hybridized carbons (Fsp3) is 0.927. The van der Waals surface area contributed by atoms with E-state index < -0.39 is 0 Å². The van der Waals surface area contributed by atoms with E-state index in [-0.39, 0.29) is 67.1 Å². The number of allylic oxidation sites excluding steroid dienone is 1. The Hall–Kier alpha value is 0.210. The number of unbranched alkanes of at least 4 members (excludes halogenated alkanes) is 1. The molecule has 5 N–H and O–H groups in total. The molecule has 2 unspecified atom stereocenters. The standard InChI is InChI=1S/C41H76N4O2.4ClH/c1-7-32(30(2)3)13-12-31(4)36-16-17-37-35-15-14-33-28-34(18-20-40(33,5)38(35)19-21-41(36,37)6)47-39(46)29-45(27-11-23-43)26-9-8-24-44-25-10-22-42;;;;/h14,30-32,34-38,44H,7-13,15-29,42-43H2,1-6H3;4*1H/t31?,32?,34-,35-,36+,37-,38-,40-,41+;;;;/m0..../s1. The molecular weight excluding hydrogens is 722 g/mol. The molecule has 10 heteroatoms. The van der Waals surface area contributed by atoms with Gasteiger partial charge in [0.2, 0.25) is 0 Å². The van der Waals surface area contributed by atoms with Crippen molar-refractivity contribution in [2.45, 2.75) is 144 Å². The second-order valence-corrected chi connectivity index (χ2v) is 17.3. The fourth-order valence-corrected chi connectivity index (χ4v) is 11.3. The van der Waals surface area contributed by atoms with Crippen LogP contribution in [0.15, 0.2) is 11.6 Å². The Balaban J connectivity index is 0.00000625. The third-order valence-corrected chi connectivity index (χ3v) is 14.2. The van der Waals surface area contributed by atoms with Crippen LogP contribution in [0.5, 0.6) is 0 Å². The van der Waals surface area contributed by atoms with Gasteiger partial charge in [-0.2, -0.15) is 0 Å². The first-order chi connectivity index (χ1) is 22.6. The number of nitrogens with zero attached hydrogens (tertiary/aromatic N) is 1. The molecule has 4 aliphatic rings. The molecule has 51 heavy (non-hydrogen) atoms. The molecule has 0 radical (unpaired) electrons. The molecule has 0 aromatic rings. The van der Waals surface area contributed by atoms with Crippen LogP contribution in [0.1, 0.15) is 138 Å². The van der Waals surface area contributed by atoms with E-state index in [9.17, 15) is 4.79 Å². The molecule has 9 atom stereocenters. The first-order valence-electron chi connectivity index (χ1n) is 20.3. The summed E-state index contributed by atoms with van der Waals surface area (Å²) in [5.41, 5.74) is 13.8. The normalized spacial score (nSPS) is 30.6. The van der Waals surface area contributed by atoms with Crippen molar-refractivity contribution in [2.75, 3.05) is 45.8 Å². The Morgan fingerprint density at radius 3 is 2.25 bits per heavy atom. The van der Waals surface area contributed by atoms with Crippen molar-refractivity contribution >= 4 is 55.6 Å². The van der Waals surface area contributed by atoms with Gasteiger partial charge in [0.05, 0.1) is 6.54 Å². The molecule has 4 rings (SSSR count). The zero-order chi connectivity index (χ0) is 34.0. The lowest BCUT2D eigenvalue weighted by atomic mass is 9.47. The average Bonchev–Trinajstić information content (AvgIpc) is 3.40. The zero-order valence-electron chi connectivity index (χ0n) is 33.3. The van der Waals surface area contributed by atoms with E-state index in [2.05, 4.69) is 57.8 Å². The predicted molar refractivity (Wildman–Crippen MR) is 227 cm³/mol. The summed E-state index contributed by atoms with van der Waals surface area (Å²) >= 11 is 0. The minimum absolute atomic E-state index is 0. The first kappa shape index (κ1) is 51.2. The zero-order valence-corrected chi connectivity index (χ0v) is 36.6. The number of nitrogens with two attached hydrogens (primary N) is 2. The lowest BCUT2D eigenvalue weighted by Crippen LogP contribution is -2.51. The summed E-state index contributed by atoms with van der Waals surface area (Å²) in [7, 11) is 0. The number of rotatable bonds is 20. The Kier molecular flexibility index (Phi) is 24.8. The summed E-state index contributed by atoms with van der Waals surface area (Å²) in [4.78, 5) is 15.5. The number of halogens is 4. The number of carbonyl (C=O) groups excluding carboxylic acids is 1. The molecule has 0 aliphatic heterocycles. The number of hydrogen-bond acceptors (Lipinski definition) is 6. The molecule has 0 bridgehead atoms. The summed E-state index contributed by atoms with van der Waals surface area (Å²) in [6.45, 7) is 20.7. The number of carbonyl (C=O) groups is 1. The number of fused-ring (bicyclic) bond motifs is 5. The maximum Gasteiger partial charge on any atom is 0.320 e. The molecule has 6 nitrogen and oxygen atoms in total. The summed E-state index contributed by atoms with van der Waals surface area (Å²) in [5.74, 6) is 5.90. The summed E-state index contributed by atoms with van der Waals surface area (Å²) in [6.07, 6.45) is 21.0. The van der Waals surface area contributed by atoms with E-state index in [1.54, 1.807) is 5.57 Å². The van der Waals surface area contributed by atoms with E-state index in [0.29, 0.717) is 18.5 Å². The van der Waals surface area contributed by atoms with Gasteiger partial charge in [-0.15, -0.1) is 49.6 Å². The molecular formula is C41H80Cl4N4O2. The van der Waals surface area contributed by atoms with E-state index in [1.165, 1.54) is 57.8 Å². The summed E-state index contributed by atoms with van der Waals surface area (Å²) < 4.78 is 6.21. The van der Waals surface area contributed by atoms with Gasteiger partial charge in [0, 0.05) is 6.42 Å². The highest BCUT2D eigenvalue weighted by atomic mass is 35.5. The maximum absolute atomic E-state index is 13.2. The van der Waals surface area contributed by atoms with Crippen molar-refractivity contribution in [3.8, 4) is 0 Å². The molecule has 0 aromatic carbocycles. The van der Waals surface area contributed by atoms with Crippen molar-refractivity contribution < 1.29 is 9.53 Å². The highest BCUT2D eigenvalue weighted by molar-refractivity contribution is 5.86. The molecule has 0 heterocycles. The minimum Gasteiger partial charge on any atom is -0.461 e. The van der Waals surface area contributed by atoms with Crippen LogP contribution < -0.4 is 16.8 Å². The molecule has 0 spiro atoms. The van der Waals surface area contributed by atoms with Crippen LogP contribution in [0.25, 0.3) is 0 Å². The van der Waals surface area contributed by atoms with Gasteiger partial charge >= 0.3 is 5.97 Å². The molecule has 4 aliphatic carbocycles. The van der Waals surface area contributed by atoms with Gasteiger partial charge in [-0.1, -0.05) is 66.0 Å². The van der Waals surface area contributed by atoms with Gasteiger partial charge in [-0.3, -0.25) is 9.69 Å². The highest BCUT2D eigenvalue weighted by Gasteiger charge is 2.59. The van der Waals surface area contributed by atoms with Gasteiger partial charge in [-0.05, 0) is 169 Å². The number of esters is 1. The van der Waals surface area contributed by atoms with Crippen LogP contribution in [-0.4, -0.2) is 62.8 Å². The smallest absolute Gasteiger partial charge is 0.320 e. The topological polar surface area (TPSA) is 93.6 Å². The van der Waals surface area contributed by atoms with Gasteiger partial charge in [0.15, 0.2) is 0 Å². The lowest BCUT2D eigenvalue weighted by Gasteiger charge is -2.58. The minimum atomic E-state index is -0.0517. The maximum atomic E-state index is 13.2. The molecule has 0 amide bonds. The van der Waals surface area contributed by atoms with E-state index in [0.717, 1.165) is 113 Å². The first-order valence-corrected chi connectivity index (χ1v) is 20.3. The van der Waals surface area contributed by atoms with Crippen LogP contribution in [0.4, 0.5) is 0 Å². The Morgan fingerprint density at radius 2 is 1.59 bits per heavy atom. The Labute approximate surface area is 339 Å². The molecule has 304 valence electrons. The van der Waals surface area contributed by atoms with Crippen LogP contribution in [0.2, 0.25) is 0 Å². The second kappa shape index (κ2) is 24.7. The van der Waals surface area contributed by atoms with Gasteiger partial charge < -0.3 is 21.5 Å². The largest absolute Gasteiger partial charge is 0.461 e. The SMILES string of the molecule is CCC(CCC(C)[C@H]1CC[C@H]2[C@@H]3CC=C4C[C@@H](OC(=O)CN(CCCN)CCCCNCCCN)CC[C@]4(C)[C@H]3CC[C@]12C)C(C)C.Cl.Cl.Cl.Cl. The fourth-order valence-electron chi connectivity index (χ4n) is 11.3. The molecule has 3 fully saturated rings. The molecule has 0 aromatic heterocycles. The quantitative estimate of drug-likeness (QED) is 0.0646. The highest BCUT2D eigenvalue weighted by Crippen LogP contribution is 2.67. The van der Waals surface area contributed by atoms with Crippen molar-refractivity contribution in [2.24, 2.45) is 63.7 Å².